The highest BCUT2D eigenvalue weighted by Gasteiger charge is 2.44. The fourth-order valence-corrected chi connectivity index (χ4v) is 2.18. The summed E-state index contributed by atoms with van der Waals surface area (Å²) in [7, 11) is 0. The van der Waals surface area contributed by atoms with E-state index in [1.165, 1.54) is 4.90 Å². The topological polar surface area (TPSA) is 15.3 Å². The highest BCUT2D eigenvalue weighted by atomic mass is 35.5. The number of piperazine rings is 1. The maximum absolute atomic E-state index is 13.1. The van der Waals surface area contributed by atoms with Gasteiger partial charge in [-0.1, -0.05) is 30.3 Å². The van der Waals surface area contributed by atoms with Gasteiger partial charge in [0.1, 0.15) is 6.04 Å². The minimum absolute atomic E-state index is 0. The van der Waals surface area contributed by atoms with Crippen LogP contribution in [0.25, 0.3) is 0 Å². The predicted molar refractivity (Wildman–Crippen MR) is 66.9 cm³/mol. The van der Waals surface area contributed by atoms with Gasteiger partial charge in [0.15, 0.2) is 0 Å². The number of hydrogen-bond donors (Lipinski definition) is 1. The number of rotatable bonds is 2. The van der Waals surface area contributed by atoms with E-state index in [1.54, 1.807) is 30.3 Å². The molecule has 0 unspecified atom stereocenters. The number of halogens is 4. The zero-order valence-electron chi connectivity index (χ0n) is 9.78. The first-order chi connectivity index (χ1) is 8.09. The SMILES string of the molecule is Cl.FC(F)(F)[C@H](c1ccccc1)N1CCNCC1. The maximum Gasteiger partial charge on any atom is 0.408 e. The van der Waals surface area contributed by atoms with Gasteiger partial charge >= 0.3 is 6.18 Å². The van der Waals surface area contributed by atoms with Crippen LogP contribution < -0.4 is 5.32 Å². The molecular weight excluding hydrogens is 265 g/mol. The second kappa shape index (κ2) is 6.41. The Morgan fingerprint density at radius 1 is 1.06 bits per heavy atom. The molecule has 1 N–H and O–H groups in total. The van der Waals surface area contributed by atoms with Crippen LogP contribution in [0, 0.1) is 0 Å². The predicted octanol–water partition coefficient (Wildman–Crippen LogP) is 2.62. The van der Waals surface area contributed by atoms with Crippen molar-refractivity contribution in [3.05, 3.63) is 35.9 Å². The van der Waals surface area contributed by atoms with E-state index in [0.717, 1.165) is 0 Å². The summed E-state index contributed by atoms with van der Waals surface area (Å²) in [6.07, 6.45) is -4.22. The lowest BCUT2D eigenvalue weighted by atomic mass is 10.0. The van der Waals surface area contributed by atoms with E-state index in [1.807, 2.05) is 0 Å². The van der Waals surface area contributed by atoms with E-state index < -0.39 is 12.2 Å². The number of hydrogen-bond acceptors (Lipinski definition) is 2. The van der Waals surface area contributed by atoms with E-state index in [4.69, 9.17) is 0 Å². The zero-order valence-corrected chi connectivity index (χ0v) is 10.6. The summed E-state index contributed by atoms with van der Waals surface area (Å²) in [5, 5.41) is 3.06. The van der Waals surface area contributed by atoms with Crippen LogP contribution in [0.1, 0.15) is 11.6 Å². The molecule has 1 saturated heterocycles. The van der Waals surface area contributed by atoms with Crippen molar-refractivity contribution in [1.82, 2.24) is 10.2 Å². The van der Waals surface area contributed by atoms with Crippen molar-refractivity contribution in [3.8, 4) is 0 Å². The highest BCUT2D eigenvalue weighted by Crippen LogP contribution is 2.37. The molecule has 0 amide bonds. The number of benzene rings is 1. The van der Waals surface area contributed by atoms with Gasteiger partial charge in [0.2, 0.25) is 0 Å². The number of nitrogens with one attached hydrogen (secondary N) is 1. The largest absolute Gasteiger partial charge is 0.408 e. The van der Waals surface area contributed by atoms with Gasteiger partial charge in [-0.05, 0) is 5.56 Å². The smallest absolute Gasteiger partial charge is 0.314 e. The third kappa shape index (κ3) is 3.60. The maximum atomic E-state index is 13.1. The van der Waals surface area contributed by atoms with Gasteiger partial charge in [0, 0.05) is 26.2 Å². The van der Waals surface area contributed by atoms with Crippen LogP contribution in [0.5, 0.6) is 0 Å². The van der Waals surface area contributed by atoms with Crippen molar-refractivity contribution in [1.29, 1.82) is 0 Å². The summed E-state index contributed by atoms with van der Waals surface area (Å²) in [6.45, 7) is 2.08. The van der Waals surface area contributed by atoms with Crippen molar-refractivity contribution < 1.29 is 13.2 Å². The molecule has 0 saturated carbocycles. The van der Waals surface area contributed by atoms with Crippen molar-refractivity contribution >= 4 is 12.4 Å². The van der Waals surface area contributed by atoms with Crippen molar-refractivity contribution in [2.45, 2.75) is 12.2 Å². The van der Waals surface area contributed by atoms with E-state index in [0.29, 0.717) is 31.7 Å². The van der Waals surface area contributed by atoms with Gasteiger partial charge in [-0.15, -0.1) is 12.4 Å². The average molecular weight is 281 g/mol. The van der Waals surface area contributed by atoms with E-state index in [-0.39, 0.29) is 12.4 Å². The first kappa shape index (κ1) is 15.3. The zero-order chi connectivity index (χ0) is 12.3. The van der Waals surface area contributed by atoms with Crippen LogP contribution >= 0.6 is 12.4 Å². The fraction of sp³-hybridized carbons (Fsp3) is 0.500. The molecule has 18 heavy (non-hydrogen) atoms. The average Bonchev–Trinajstić information content (AvgIpc) is 2.30. The molecule has 0 bridgehead atoms. The molecule has 0 aromatic heterocycles. The van der Waals surface area contributed by atoms with Crippen LogP contribution in [-0.2, 0) is 0 Å². The molecule has 0 aliphatic carbocycles. The molecule has 1 aliphatic heterocycles. The Morgan fingerprint density at radius 2 is 1.61 bits per heavy atom. The van der Waals surface area contributed by atoms with Crippen molar-refractivity contribution in [3.63, 3.8) is 0 Å². The summed E-state index contributed by atoms with van der Waals surface area (Å²) in [6, 6.07) is 6.63. The Kier molecular flexibility index (Phi) is 5.44. The van der Waals surface area contributed by atoms with Gasteiger partial charge < -0.3 is 5.32 Å². The quantitative estimate of drug-likeness (QED) is 0.896. The summed E-state index contributed by atoms with van der Waals surface area (Å²) in [5.74, 6) is 0. The van der Waals surface area contributed by atoms with Gasteiger partial charge in [-0.2, -0.15) is 13.2 Å². The molecule has 1 aromatic rings. The Morgan fingerprint density at radius 3 is 2.11 bits per heavy atom. The summed E-state index contributed by atoms with van der Waals surface area (Å²) in [5.41, 5.74) is 0.321. The molecule has 102 valence electrons. The lowest BCUT2D eigenvalue weighted by molar-refractivity contribution is -0.187. The molecule has 1 aromatic carbocycles. The van der Waals surface area contributed by atoms with Crippen molar-refractivity contribution in [2.24, 2.45) is 0 Å². The van der Waals surface area contributed by atoms with E-state index >= 15 is 0 Å². The Hall–Kier alpha value is -0.780. The molecular formula is C12H16ClF3N2. The minimum atomic E-state index is -4.22. The van der Waals surface area contributed by atoms with Gasteiger partial charge in [0.25, 0.3) is 0 Å². The van der Waals surface area contributed by atoms with Crippen LogP contribution in [0.2, 0.25) is 0 Å². The van der Waals surface area contributed by atoms with E-state index in [9.17, 15) is 13.2 Å². The Labute approximate surface area is 111 Å². The fourth-order valence-electron chi connectivity index (χ4n) is 2.18. The number of nitrogens with zero attached hydrogens (tertiary/aromatic N) is 1. The normalized spacial score (nSPS) is 19.1. The lowest BCUT2D eigenvalue weighted by Gasteiger charge is -2.36. The second-order valence-corrected chi connectivity index (χ2v) is 4.14. The molecule has 2 nitrogen and oxygen atoms in total. The van der Waals surface area contributed by atoms with Crippen LogP contribution in [-0.4, -0.2) is 37.3 Å². The van der Waals surface area contributed by atoms with Crippen LogP contribution in [0.15, 0.2) is 30.3 Å². The lowest BCUT2D eigenvalue weighted by Crippen LogP contribution is -2.49. The number of alkyl halides is 3. The third-order valence-electron chi connectivity index (χ3n) is 2.94. The summed E-state index contributed by atoms with van der Waals surface area (Å²) >= 11 is 0. The van der Waals surface area contributed by atoms with Gasteiger partial charge in [-0.3, -0.25) is 4.90 Å². The first-order valence-corrected chi connectivity index (χ1v) is 5.65. The van der Waals surface area contributed by atoms with Gasteiger partial charge in [-0.25, -0.2) is 0 Å². The molecule has 0 radical (unpaired) electrons. The van der Waals surface area contributed by atoms with Crippen LogP contribution in [0.3, 0.4) is 0 Å². The third-order valence-corrected chi connectivity index (χ3v) is 2.94. The molecule has 1 aliphatic rings. The molecule has 0 spiro atoms. The van der Waals surface area contributed by atoms with Gasteiger partial charge in [0.05, 0.1) is 0 Å². The van der Waals surface area contributed by atoms with E-state index in [2.05, 4.69) is 5.32 Å². The van der Waals surface area contributed by atoms with Crippen LogP contribution in [0.4, 0.5) is 13.2 Å². The standard InChI is InChI=1S/C12H15F3N2.ClH/c13-12(14,15)11(10-4-2-1-3-5-10)17-8-6-16-7-9-17;/h1-5,11,16H,6-9H2;1H/t11-;/m0./s1. The molecule has 6 heteroatoms. The minimum Gasteiger partial charge on any atom is -0.314 e. The van der Waals surface area contributed by atoms with Crippen molar-refractivity contribution in [2.75, 3.05) is 26.2 Å². The monoisotopic (exact) mass is 280 g/mol. The first-order valence-electron chi connectivity index (χ1n) is 5.65. The molecule has 2 rings (SSSR count). The highest BCUT2D eigenvalue weighted by molar-refractivity contribution is 5.85. The molecule has 1 heterocycles. The molecule has 1 atom stereocenters. The Bertz CT molecular complexity index is 350. The molecule has 1 fully saturated rings. The second-order valence-electron chi connectivity index (χ2n) is 4.14. The summed E-state index contributed by atoms with van der Waals surface area (Å²) < 4.78 is 39.4. The summed E-state index contributed by atoms with van der Waals surface area (Å²) in [4.78, 5) is 1.49. The Balaban J connectivity index is 0.00000162.